The number of carbonyl (C=O) groups excluding carboxylic acids is 1. The van der Waals surface area contributed by atoms with Crippen LogP contribution in [0.25, 0.3) is 10.4 Å². The summed E-state index contributed by atoms with van der Waals surface area (Å²) in [4.78, 5) is 17.4. The van der Waals surface area contributed by atoms with E-state index in [0.717, 1.165) is 16.2 Å². The Labute approximate surface area is 138 Å². The molecule has 0 aliphatic carbocycles. The maximum absolute atomic E-state index is 12.1. The van der Waals surface area contributed by atoms with E-state index in [-0.39, 0.29) is 5.91 Å². The minimum atomic E-state index is -0.154. The average molecular weight is 324 g/mol. The number of anilines is 1. The Balaban J connectivity index is 1.71. The highest BCUT2D eigenvalue weighted by Gasteiger charge is 2.09. The van der Waals surface area contributed by atoms with Gasteiger partial charge in [0, 0.05) is 11.8 Å². The molecule has 4 nitrogen and oxygen atoms in total. The van der Waals surface area contributed by atoms with Crippen molar-refractivity contribution in [3.63, 3.8) is 0 Å². The van der Waals surface area contributed by atoms with Crippen molar-refractivity contribution in [2.75, 3.05) is 11.9 Å². The van der Waals surface area contributed by atoms with Crippen LogP contribution >= 0.6 is 11.3 Å². The number of aromatic nitrogens is 1. The van der Waals surface area contributed by atoms with E-state index >= 15 is 0 Å². The van der Waals surface area contributed by atoms with Crippen LogP contribution in [0.1, 0.15) is 17.3 Å². The normalized spacial score (nSPS) is 10.3. The van der Waals surface area contributed by atoms with Crippen molar-refractivity contribution < 1.29 is 9.53 Å². The lowest BCUT2D eigenvalue weighted by Gasteiger charge is -2.03. The summed E-state index contributed by atoms with van der Waals surface area (Å²) in [6.07, 6.45) is 1.76. The van der Waals surface area contributed by atoms with E-state index in [1.54, 1.807) is 18.3 Å². The molecule has 0 radical (unpaired) electrons. The largest absolute Gasteiger partial charge is 0.494 e. The molecule has 1 N–H and O–H groups in total. The quantitative estimate of drug-likeness (QED) is 0.754. The highest BCUT2D eigenvalue weighted by molar-refractivity contribution is 7.19. The molecule has 0 fully saturated rings. The van der Waals surface area contributed by atoms with Gasteiger partial charge in [-0.25, -0.2) is 4.98 Å². The van der Waals surface area contributed by atoms with Crippen LogP contribution in [0.2, 0.25) is 0 Å². The Morgan fingerprint density at radius 3 is 2.57 bits per heavy atom. The summed E-state index contributed by atoms with van der Waals surface area (Å²) in [5, 5.41) is 3.41. The van der Waals surface area contributed by atoms with Gasteiger partial charge in [0.1, 0.15) is 5.75 Å². The first-order chi connectivity index (χ1) is 11.3. The summed E-state index contributed by atoms with van der Waals surface area (Å²) in [5.74, 6) is 0.691. The molecule has 0 atom stereocenters. The van der Waals surface area contributed by atoms with Crippen LogP contribution < -0.4 is 10.1 Å². The number of hydrogen-bond acceptors (Lipinski definition) is 4. The zero-order valence-corrected chi connectivity index (χ0v) is 13.5. The van der Waals surface area contributed by atoms with Crippen molar-refractivity contribution in [3.05, 3.63) is 66.4 Å². The van der Waals surface area contributed by atoms with Crippen LogP contribution in [0.4, 0.5) is 5.13 Å². The molecular weight excluding hydrogens is 308 g/mol. The Kier molecular flexibility index (Phi) is 4.68. The summed E-state index contributed by atoms with van der Waals surface area (Å²) < 4.78 is 5.43. The van der Waals surface area contributed by atoms with Crippen molar-refractivity contribution in [2.45, 2.75) is 6.92 Å². The van der Waals surface area contributed by atoms with Gasteiger partial charge in [-0.05, 0) is 48.9 Å². The summed E-state index contributed by atoms with van der Waals surface area (Å²) in [7, 11) is 0. The Morgan fingerprint density at radius 2 is 1.87 bits per heavy atom. The van der Waals surface area contributed by atoms with Crippen LogP contribution in [0, 0.1) is 0 Å². The molecule has 3 rings (SSSR count). The summed E-state index contributed by atoms with van der Waals surface area (Å²) in [6.45, 7) is 2.61. The van der Waals surface area contributed by atoms with E-state index in [1.165, 1.54) is 11.3 Å². The molecule has 1 amide bonds. The van der Waals surface area contributed by atoms with E-state index in [1.807, 2.05) is 49.4 Å². The topological polar surface area (TPSA) is 51.2 Å². The highest BCUT2D eigenvalue weighted by atomic mass is 32.1. The third kappa shape index (κ3) is 3.76. The van der Waals surface area contributed by atoms with Crippen LogP contribution in [0.5, 0.6) is 5.75 Å². The summed E-state index contributed by atoms with van der Waals surface area (Å²) in [6, 6.07) is 16.9. The van der Waals surface area contributed by atoms with Crippen molar-refractivity contribution in [3.8, 4) is 16.2 Å². The van der Waals surface area contributed by atoms with Gasteiger partial charge < -0.3 is 4.74 Å². The molecule has 3 aromatic rings. The molecule has 116 valence electrons. The number of benzene rings is 2. The molecular formula is C18H16N2O2S. The number of thiazole rings is 1. The monoisotopic (exact) mass is 324 g/mol. The maximum atomic E-state index is 12.1. The third-order valence-corrected chi connectivity index (χ3v) is 4.17. The molecule has 0 saturated carbocycles. The minimum absolute atomic E-state index is 0.154. The fourth-order valence-electron chi connectivity index (χ4n) is 2.11. The van der Waals surface area contributed by atoms with Gasteiger partial charge in [0.25, 0.3) is 5.91 Å². The molecule has 0 spiro atoms. The van der Waals surface area contributed by atoms with Gasteiger partial charge in [-0.3, -0.25) is 10.1 Å². The van der Waals surface area contributed by atoms with Crippen LogP contribution in [-0.2, 0) is 0 Å². The van der Waals surface area contributed by atoms with E-state index in [2.05, 4.69) is 10.3 Å². The zero-order valence-electron chi connectivity index (χ0n) is 12.7. The number of nitrogens with one attached hydrogen (secondary N) is 1. The summed E-state index contributed by atoms with van der Waals surface area (Å²) >= 11 is 1.44. The average Bonchev–Trinajstić information content (AvgIpc) is 3.05. The van der Waals surface area contributed by atoms with Gasteiger partial charge in [-0.1, -0.05) is 29.5 Å². The van der Waals surface area contributed by atoms with E-state index in [9.17, 15) is 4.79 Å². The predicted molar refractivity (Wildman–Crippen MR) is 93.1 cm³/mol. The second kappa shape index (κ2) is 7.07. The maximum Gasteiger partial charge on any atom is 0.257 e. The predicted octanol–water partition coefficient (Wildman–Crippen LogP) is 4.46. The summed E-state index contributed by atoms with van der Waals surface area (Å²) in [5.41, 5.74) is 1.66. The molecule has 0 aliphatic rings. The molecule has 0 saturated heterocycles. The molecule has 23 heavy (non-hydrogen) atoms. The second-order valence-corrected chi connectivity index (χ2v) is 5.84. The van der Waals surface area contributed by atoms with Crippen molar-refractivity contribution >= 4 is 22.4 Å². The Morgan fingerprint density at radius 1 is 1.13 bits per heavy atom. The van der Waals surface area contributed by atoms with Crippen LogP contribution in [0.15, 0.2) is 60.8 Å². The number of rotatable bonds is 5. The standard InChI is InChI=1S/C18H16N2O2S/c1-2-22-15-10-8-13(9-11-15)16-12-19-18(23-16)20-17(21)14-6-4-3-5-7-14/h3-12H,2H2,1H3,(H,19,20,21). The fourth-order valence-corrected chi connectivity index (χ4v) is 2.92. The third-order valence-electron chi connectivity index (χ3n) is 3.21. The number of hydrogen-bond donors (Lipinski definition) is 1. The van der Waals surface area contributed by atoms with Crippen LogP contribution in [0.3, 0.4) is 0 Å². The molecule has 1 aromatic heterocycles. The minimum Gasteiger partial charge on any atom is -0.494 e. The molecule has 0 unspecified atom stereocenters. The van der Waals surface area contributed by atoms with Gasteiger partial charge in [0.2, 0.25) is 0 Å². The van der Waals surface area contributed by atoms with Gasteiger partial charge in [0.05, 0.1) is 11.5 Å². The number of ether oxygens (including phenoxy) is 1. The number of amides is 1. The zero-order chi connectivity index (χ0) is 16.1. The van der Waals surface area contributed by atoms with E-state index in [4.69, 9.17) is 4.74 Å². The fraction of sp³-hybridized carbons (Fsp3) is 0.111. The van der Waals surface area contributed by atoms with Gasteiger partial charge in [-0.15, -0.1) is 0 Å². The SMILES string of the molecule is CCOc1ccc(-c2cnc(NC(=O)c3ccccc3)s2)cc1. The van der Waals surface area contributed by atoms with Crippen molar-refractivity contribution in [2.24, 2.45) is 0 Å². The molecule has 0 aliphatic heterocycles. The smallest absolute Gasteiger partial charge is 0.257 e. The Bertz CT molecular complexity index is 782. The molecule has 0 bridgehead atoms. The lowest BCUT2D eigenvalue weighted by atomic mass is 10.2. The Hall–Kier alpha value is -2.66. The number of carbonyl (C=O) groups is 1. The first-order valence-electron chi connectivity index (χ1n) is 7.31. The lowest BCUT2D eigenvalue weighted by Crippen LogP contribution is -2.11. The first-order valence-corrected chi connectivity index (χ1v) is 8.13. The lowest BCUT2D eigenvalue weighted by molar-refractivity contribution is 0.102. The highest BCUT2D eigenvalue weighted by Crippen LogP contribution is 2.30. The van der Waals surface area contributed by atoms with Gasteiger partial charge in [-0.2, -0.15) is 0 Å². The van der Waals surface area contributed by atoms with Crippen molar-refractivity contribution in [1.29, 1.82) is 0 Å². The molecule has 5 heteroatoms. The van der Waals surface area contributed by atoms with Gasteiger partial charge in [0.15, 0.2) is 5.13 Å². The molecule has 2 aromatic carbocycles. The van der Waals surface area contributed by atoms with Crippen LogP contribution in [-0.4, -0.2) is 17.5 Å². The molecule has 1 heterocycles. The van der Waals surface area contributed by atoms with E-state index in [0.29, 0.717) is 17.3 Å². The van der Waals surface area contributed by atoms with Gasteiger partial charge >= 0.3 is 0 Å². The van der Waals surface area contributed by atoms with Crippen molar-refractivity contribution in [1.82, 2.24) is 4.98 Å². The van der Waals surface area contributed by atoms with E-state index < -0.39 is 0 Å². The second-order valence-electron chi connectivity index (χ2n) is 4.81. The number of nitrogens with zero attached hydrogens (tertiary/aromatic N) is 1. The first kappa shape index (κ1) is 15.2.